The third-order valence-corrected chi connectivity index (χ3v) is 5.79. The number of ether oxygens (including phenoxy) is 1. The van der Waals surface area contributed by atoms with E-state index in [0.29, 0.717) is 23.7 Å². The summed E-state index contributed by atoms with van der Waals surface area (Å²) in [5, 5.41) is 2.93. The zero-order chi connectivity index (χ0) is 23.4. The van der Waals surface area contributed by atoms with Crippen LogP contribution in [0.4, 0.5) is 0 Å². The summed E-state index contributed by atoms with van der Waals surface area (Å²) in [6.45, 7) is 7.40. The van der Waals surface area contributed by atoms with Crippen molar-refractivity contribution in [1.29, 1.82) is 0 Å². The molecule has 2 heterocycles. The van der Waals surface area contributed by atoms with Crippen molar-refractivity contribution in [2.45, 2.75) is 33.0 Å². The summed E-state index contributed by atoms with van der Waals surface area (Å²) in [4.78, 5) is 31.9. The smallest absolute Gasteiger partial charge is 0.337 e. The molecule has 0 radical (unpaired) electrons. The molecule has 0 bridgehead atoms. The fourth-order valence-corrected chi connectivity index (χ4v) is 4.33. The summed E-state index contributed by atoms with van der Waals surface area (Å²) in [7, 11) is 1.35. The fourth-order valence-electron chi connectivity index (χ4n) is 4.33. The number of hydrogen-bond acceptors (Lipinski definition) is 5. The number of esters is 1. The maximum Gasteiger partial charge on any atom is 0.337 e. The summed E-state index contributed by atoms with van der Waals surface area (Å²) >= 11 is 0. The van der Waals surface area contributed by atoms with Crippen molar-refractivity contribution >= 4 is 11.9 Å². The second-order valence-corrected chi connectivity index (χ2v) is 8.75. The zero-order valence-corrected chi connectivity index (χ0v) is 19.3. The van der Waals surface area contributed by atoms with Gasteiger partial charge in [-0.15, -0.1) is 0 Å². The van der Waals surface area contributed by atoms with Gasteiger partial charge in [-0.25, -0.2) is 9.78 Å². The lowest BCUT2D eigenvalue weighted by molar-refractivity contribution is 0.0600. The molecule has 1 unspecified atom stereocenters. The average molecular weight is 447 g/mol. The van der Waals surface area contributed by atoms with E-state index in [1.165, 1.54) is 12.7 Å². The molecule has 1 atom stereocenters. The van der Waals surface area contributed by atoms with Crippen LogP contribution < -0.4 is 5.32 Å². The Balaban J connectivity index is 1.54. The van der Waals surface area contributed by atoms with Crippen LogP contribution in [-0.4, -0.2) is 46.5 Å². The van der Waals surface area contributed by atoms with Gasteiger partial charge in [0.05, 0.1) is 18.7 Å². The molecule has 2 aromatic carbocycles. The van der Waals surface area contributed by atoms with Crippen molar-refractivity contribution in [3.05, 3.63) is 89.0 Å². The van der Waals surface area contributed by atoms with Gasteiger partial charge in [0, 0.05) is 32.4 Å². The summed E-state index contributed by atoms with van der Waals surface area (Å²) in [5.41, 5.74) is 2.86. The van der Waals surface area contributed by atoms with Gasteiger partial charge in [-0.1, -0.05) is 56.3 Å². The van der Waals surface area contributed by atoms with Crippen molar-refractivity contribution in [3.63, 3.8) is 0 Å². The molecule has 172 valence electrons. The Labute approximate surface area is 194 Å². The molecule has 1 aliphatic rings. The molecule has 7 heteroatoms. The minimum atomic E-state index is -0.400. The van der Waals surface area contributed by atoms with Gasteiger partial charge in [-0.2, -0.15) is 0 Å². The minimum Gasteiger partial charge on any atom is -0.465 e. The molecule has 1 aromatic heterocycles. The lowest BCUT2D eigenvalue weighted by Gasteiger charge is -2.37. The fraction of sp³-hybridized carbons (Fsp3) is 0.346. The number of amides is 1. The highest BCUT2D eigenvalue weighted by molar-refractivity contribution is 5.92. The first-order valence-electron chi connectivity index (χ1n) is 11.3. The molecule has 33 heavy (non-hydrogen) atoms. The third-order valence-electron chi connectivity index (χ3n) is 5.79. The van der Waals surface area contributed by atoms with Crippen LogP contribution in [-0.2, 0) is 17.8 Å². The van der Waals surface area contributed by atoms with Crippen LogP contribution in [0.1, 0.15) is 57.7 Å². The second-order valence-electron chi connectivity index (χ2n) is 8.75. The Bertz CT molecular complexity index is 1120. The number of carbonyl (C=O) groups excluding carboxylic acids is 2. The van der Waals surface area contributed by atoms with Crippen molar-refractivity contribution < 1.29 is 14.3 Å². The summed E-state index contributed by atoms with van der Waals surface area (Å²) < 4.78 is 6.87. The Hall–Kier alpha value is -3.45. The lowest BCUT2D eigenvalue weighted by atomic mass is 10.0. The molecule has 1 N–H and O–H groups in total. The van der Waals surface area contributed by atoms with Crippen LogP contribution in [0.3, 0.4) is 0 Å². The highest BCUT2D eigenvalue weighted by atomic mass is 16.5. The standard InChI is InChI=1S/C26H30N4O3/c1-18(2)16-29-12-13-30-17-22(28-24(30)23(29)20-9-5-4-6-10-20)25(31)27-15-19-8-7-11-21(14-19)26(32)33-3/h4-11,14,17-18,23H,12-13,15-16H2,1-3H3,(H,27,31). The van der Waals surface area contributed by atoms with Crippen LogP contribution in [0.25, 0.3) is 0 Å². The number of nitrogens with one attached hydrogen (secondary N) is 1. The van der Waals surface area contributed by atoms with E-state index >= 15 is 0 Å². The average Bonchev–Trinajstić information content (AvgIpc) is 3.26. The van der Waals surface area contributed by atoms with Crippen LogP contribution in [0.5, 0.6) is 0 Å². The van der Waals surface area contributed by atoms with Gasteiger partial charge in [0.2, 0.25) is 0 Å². The van der Waals surface area contributed by atoms with E-state index in [-0.39, 0.29) is 11.9 Å². The summed E-state index contributed by atoms with van der Waals surface area (Å²) in [5.74, 6) is 0.789. The van der Waals surface area contributed by atoms with E-state index < -0.39 is 5.97 Å². The van der Waals surface area contributed by atoms with Crippen molar-refractivity contribution in [3.8, 4) is 0 Å². The molecule has 0 aliphatic carbocycles. The van der Waals surface area contributed by atoms with Crippen LogP contribution in [0.2, 0.25) is 0 Å². The molecular formula is C26H30N4O3. The number of benzene rings is 2. The SMILES string of the molecule is COC(=O)c1cccc(CNC(=O)c2cn3c(n2)C(c2ccccc2)N(CC(C)C)CC3)c1. The van der Waals surface area contributed by atoms with Crippen LogP contribution in [0, 0.1) is 5.92 Å². The third kappa shape index (κ3) is 5.14. The first kappa shape index (κ1) is 22.7. The Morgan fingerprint density at radius 3 is 2.64 bits per heavy atom. The number of hydrogen-bond donors (Lipinski definition) is 1. The van der Waals surface area contributed by atoms with Crippen molar-refractivity contribution in [2.75, 3.05) is 20.2 Å². The summed E-state index contributed by atoms with van der Waals surface area (Å²) in [6, 6.07) is 17.4. The van der Waals surface area contributed by atoms with Gasteiger partial charge >= 0.3 is 5.97 Å². The Kier molecular flexibility index (Phi) is 6.89. The molecule has 1 amide bonds. The van der Waals surface area contributed by atoms with Gasteiger partial charge < -0.3 is 14.6 Å². The maximum atomic E-state index is 12.9. The van der Waals surface area contributed by atoms with E-state index in [1.54, 1.807) is 18.2 Å². The predicted octanol–water partition coefficient (Wildman–Crippen LogP) is 3.66. The largest absolute Gasteiger partial charge is 0.465 e. The van der Waals surface area contributed by atoms with Crippen LogP contribution in [0.15, 0.2) is 60.8 Å². The van der Waals surface area contributed by atoms with Crippen molar-refractivity contribution in [1.82, 2.24) is 19.8 Å². The number of imidazole rings is 1. The molecule has 0 spiro atoms. The molecule has 7 nitrogen and oxygen atoms in total. The number of rotatable bonds is 7. The minimum absolute atomic E-state index is 0.0145. The first-order valence-corrected chi connectivity index (χ1v) is 11.3. The van der Waals surface area contributed by atoms with E-state index in [9.17, 15) is 9.59 Å². The number of fused-ring (bicyclic) bond motifs is 1. The molecule has 0 saturated carbocycles. The lowest BCUT2D eigenvalue weighted by Crippen LogP contribution is -2.40. The zero-order valence-electron chi connectivity index (χ0n) is 19.3. The van der Waals surface area contributed by atoms with Crippen molar-refractivity contribution in [2.24, 2.45) is 5.92 Å². The van der Waals surface area contributed by atoms with Crippen LogP contribution >= 0.6 is 0 Å². The Morgan fingerprint density at radius 2 is 1.91 bits per heavy atom. The number of nitrogens with zero attached hydrogens (tertiary/aromatic N) is 3. The number of methoxy groups -OCH3 is 1. The molecule has 0 fully saturated rings. The summed E-state index contributed by atoms with van der Waals surface area (Å²) in [6.07, 6.45) is 1.85. The monoisotopic (exact) mass is 446 g/mol. The van der Waals surface area contributed by atoms with Gasteiger partial charge in [-0.05, 0) is 29.2 Å². The van der Waals surface area contributed by atoms with E-state index in [2.05, 4.69) is 40.8 Å². The van der Waals surface area contributed by atoms with Gasteiger partial charge in [-0.3, -0.25) is 9.69 Å². The second kappa shape index (κ2) is 10.0. The molecule has 0 saturated heterocycles. The van der Waals surface area contributed by atoms with Gasteiger partial charge in [0.25, 0.3) is 5.91 Å². The highest BCUT2D eigenvalue weighted by Gasteiger charge is 2.32. The molecule has 4 rings (SSSR count). The quantitative estimate of drug-likeness (QED) is 0.561. The predicted molar refractivity (Wildman–Crippen MR) is 126 cm³/mol. The van der Waals surface area contributed by atoms with Gasteiger partial charge in [0.15, 0.2) is 0 Å². The van der Waals surface area contributed by atoms with E-state index in [4.69, 9.17) is 9.72 Å². The van der Waals surface area contributed by atoms with E-state index in [0.717, 1.165) is 31.0 Å². The number of aromatic nitrogens is 2. The first-order chi connectivity index (χ1) is 16.0. The van der Waals surface area contributed by atoms with E-state index in [1.807, 2.05) is 30.5 Å². The maximum absolute atomic E-state index is 12.9. The highest BCUT2D eigenvalue weighted by Crippen LogP contribution is 2.32. The molecule has 3 aromatic rings. The van der Waals surface area contributed by atoms with Gasteiger partial charge in [0.1, 0.15) is 11.5 Å². The molecule has 1 aliphatic heterocycles. The normalized spacial score (nSPS) is 15.8. The topological polar surface area (TPSA) is 76.5 Å². The Morgan fingerprint density at radius 1 is 1.12 bits per heavy atom. The number of carbonyl (C=O) groups is 2. The molecular weight excluding hydrogens is 416 g/mol.